The highest BCUT2D eigenvalue weighted by Crippen LogP contribution is 2.14. The van der Waals surface area contributed by atoms with E-state index in [1.165, 1.54) is 0 Å². The summed E-state index contributed by atoms with van der Waals surface area (Å²) in [5.74, 6) is 0.645. The molecule has 0 aliphatic rings. The van der Waals surface area contributed by atoms with Crippen molar-refractivity contribution < 1.29 is 0 Å². The molecular weight excluding hydrogens is 200 g/mol. The molecule has 0 bridgehead atoms. The minimum absolute atomic E-state index is 0.186. The number of nitrogens with one attached hydrogen (secondary N) is 1. The van der Waals surface area contributed by atoms with Crippen LogP contribution in [0.2, 0.25) is 0 Å². The summed E-state index contributed by atoms with van der Waals surface area (Å²) in [4.78, 5) is 4.32. The van der Waals surface area contributed by atoms with Gasteiger partial charge in [0.05, 0.1) is 5.56 Å². The third-order valence-electron chi connectivity index (χ3n) is 2.42. The van der Waals surface area contributed by atoms with Gasteiger partial charge in [0, 0.05) is 18.3 Å². The number of nitrogens with two attached hydrogens (primary N) is 1. The molecule has 0 fully saturated rings. The lowest BCUT2D eigenvalue weighted by Crippen LogP contribution is -2.29. The van der Waals surface area contributed by atoms with E-state index in [2.05, 4.69) is 23.3 Å². The molecule has 0 saturated carbocycles. The van der Waals surface area contributed by atoms with E-state index in [0.717, 1.165) is 18.5 Å². The maximum atomic E-state index is 8.96. The summed E-state index contributed by atoms with van der Waals surface area (Å²) >= 11 is 0. The molecule has 1 aromatic rings. The Morgan fingerprint density at radius 1 is 1.56 bits per heavy atom. The van der Waals surface area contributed by atoms with Crippen LogP contribution < -0.4 is 11.1 Å². The number of hydrogen-bond donors (Lipinski definition) is 2. The van der Waals surface area contributed by atoms with E-state index in [1.54, 1.807) is 6.07 Å². The molecule has 0 amide bonds. The lowest BCUT2D eigenvalue weighted by molar-refractivity contribution is 0.645. The third-order valence-corrected chi connectivity index (χ3v) is 2.42. The second-order valence-corrected chi connectivity index (χ2v) is 3.83. The second-order valence-electron chi connectivity index (χ2n) is 3.83. The molecule has 1 aromatic heterocycles. The molecule has 16 heavy (non-hydrogen) atoms. The van der Waals surface area contributed by atoms with Crippen LogP contribution in [0, 0.1) is 18.3 Å². The van der Waals surface area contributed by atoms with Crippen LogP contribution in [-0.2, 0) is 0 Å². The standard InChI is InChI=1S/C12H18N4/c1-3-4-11(8-14)16-12-10(7-13)6-5-9(2)15-12/h5-6,11H,3-4,8,14H2,1-2H3,(H,15,16). The van der Waals surface area contributed by atoms with E-state index in [-0.39, 0.29) is 6.04 Å². The molecule has 0 aromatic carbocycles. The van der Waals surface area contributed by atoms with Gasteiger partial charge in [0.15, 0.2) is 0 Å². The van der Waals surface area contributed by atoms with Crippen LogP contribution in [0.25, 0.3) is 0 Å². The zero-order valence-electron chi connectivity index (χ0n) is 9.83. The van der Waals surface area contributed by atoms with Gasteiger partial charge in [-0.2, -0.15) is 5.26 Å². The first-order chi connectivity index (χ1) is 7.71. The maximum absolute atomic E-state index is 8.96. The minimum Gasteiger partial charge on any atom is -0.365 e. The quantitative estimate of drug-likeness (QED) is 0.790. The van der Waals surface area contributed by atoms with E-state index >= 15 is 0 Å². The number of nitriles is 1. The minimum atomic E-state index is 0.186. The first kappa shape index (κ1) is 12.5. The molecule has 4 heteroatoms. The second kappa shape index (κ2) is 6.09. The molecule has 1 unspecified atom stereocenters. The highest BCUT2D eigenvalue weighted by atomic mass is 15.0. The highest BCUT2D eigenvalue weighted by Gasteiger charge is 2.09. The summed E-state index contributed by atoms with van der Waals surface area (Å²) in [6.45, 7) is 4.57. The molecule has 1 rings (SSSR count). The first-order valence-electron chi connectivity index (χ1n) is 5.55. The number of pyridine rings is 1. The zero-order chi connectivity index (χ0) is 12.0. The van der Waals surface area contributed by atoms with E-state index < -0.39 is 0 Å². The predicted molar refractivity (Wildman–Crippen MR) is 65.1 cm³/mol. The lowest BCUT2D eigenvalue weighted by Gasteiger charge is -2.17. The smallest absolute Gasteiger partial charge is 0.144 e. The number of nitrogens with zero attached hydrogens (tertiary/aromatic N) is 2. The van der Waals surface area contributed by atoms with Crippen LogP contribution in [-0.4, -0.2) is 17.6 Å². The molecule has 3 N–H and O–H groups in total. The molecule has 0 aliphatic heterocycles. The number of anilines is 1. The Morgan fingerprint density at radius 2 is 2.31 bits per heavy atom. The van der Waals surface area contributed by atoms with Crippen LogP contribution >= 0.6 is 0 Å². The summed E-state index contributed by atoms with van der Waals surface area (Å²) in [6.07, 6.45) is 2.04. The molecule has 1 atom stereocenters. The maximum Gasteiger partial charge on any atom is 0.144 e. The van der Waals surface area contributed by atoms with Crippen molar-refractivity contribution in [3.63, 3.8) is 0 Å². The van der Waals surface area contributed by atoms with Crippen molar-refractivity contribution in [1.29, 1.82) is 5.26 Å². The van der Waals surface area contributed by atoms with Crippen molar-refractivity contribution in [2.75, 3.05) is 11.9 Å². The highest BCUT2D eigenvalue weighted by molar-refractivity contribution is 5.52. The predicted octanol–water partition coefficient (Wildman–Crippen LogP) is 1.80. The van der Waals surface area contributed by atoms with Crippen LogP contribution in [0.1, 0.15) is 31.0 Å². The molecule has 0 saturated heterocycles. The average Bonchev–Trinajstić information content (AvgIpc) is 2.29. The summed E-state index contributed by atoms with van der Waals surface area (Å²) in [6, 6.07) is 5.93. The van der Waals surface area contributed by atoms with Gasteiger partial charge in [0.1, 0.15) is 11.9 Å². The van der Waals surface area contributed by atoms with Crippen molar-refractivity contribution in [1.82, 2.24) is 4.98 Å². The van der Waals surface area contributed by atoms with Gasteiger partial charge in [0.2, 0.25) is 0 Å². The average molecular weight is 218 g/mol. The first-order valence-corrected chi connectivity index (χ1v) is 5.55. The van der Waals surface area contributed by atoms with Gasteiger partial charge in [0.25, 0.3) is 0 Å². The molecule has 86 valence electrons. The normalized spacial score (nSPS) is 11.9. The van der Waals surface area contributed by atoms with Crippen molar-refractivity contribution in [2.45, 2.75) is 32.7 Å². The van der Waals surface area contributed by atoms with Crippen molar-refractivity contribution in [3.8, 4) is 6.07 Å². The summed E-state index contributed by atoms with van der Waals surface area (Å²) in [5, 5.41) is 12.2. The molecule has 0 radical (unpaired) electrons. The summed E-state index contributed by atoms with van der Waals surface area (Å²) in [7, 11) is 0. The Labute approximate surface area is 96.5 Å². The summed E-state index contributed by atoms with van der Waals surface area (Å²) < 4.78 is 0. The number of aryl methyl sites for hydroxylation is 1. The van der Waals surface area contributed by atoms with Gasteiger partial charge in [-0.15, -0.1) is 0 Å². The molecule has 0 aliphatic carbocycles. The molecular formula is C12H18N4. The van der Waals surface area contributed by atoms with E-state index in [9.17, 15) is 0 Å². The van der Waals surface area contributed by atoms with Gasteiger partial charge >= 0.3 is 0 Å². The Bertz CT molecular complexity index is 381. The Balaban J connectivity index is 2.86. The topological polar surface area (TPSA) is 74.7 Å². The van der Waals surface area contributed by atoms with Crippen LogP contribution in [0.3, 0.4) is 0 Å². The third kappa shape index (κ3) is 3.21. The van der Waals surface area contributed by atoms with Crippen LogP contribution in [0.15, 0.2) is 12.1 Å². The fourth-order valence-electron chi connectivity index (χ4n) is 1.55. The summed E-state index contributed by atoms with van der Waals surface area (Å²) in [5.41, 5.74) is 7.13. The number of rotatable bonds is 5. The Hall–Kier alpha value is -1.60. The molecule has 1 heterocycles. The SMILES string of the molecule is CCCC(CN)Nc1nc(C)ccc1C#N. The van der Waals surface area contributed by atoms with Crippen LogP contribution in [0.5, 0.6) is 0 Å². The fraction of sp³-hybridized carbons (Fsp3) is 0.500. The monoisotopic (exact) mass is 218 g/mol. The number of aromatic nitrogens is 1. The Kier molecular flexibility index (Phi) is 4.74. The fourth-order valence-corrected chi connectivity index (χ4v) is 1.55. The van der Waals surface area contributed by atoms with E-state index in [0.29, 0.717) is 17.9 Å². The van der Waals surface area contributed by atoms with Crippen molar-refractivity contribution >= 4 is 5.82 Å². The van der Waals surface area contributed by atoms with Gasteiger partial charge < -0.3 is 11.1 Å². The Morgan fingerprint density at radius 3 is 2.88 bits per heavy atom. The largest absolute Gasteiger partial charge is 0.365 e. The van der Waals surface area contributed by atoms with Gasteiger partial charge in [-0.05, 0) is 25.5 Å². The molecule has 0 spiro atoms. The van der Waals surface area contributed by atoms with E-state index in [1.807, 2.05) is 13.0 Å². The molecule has 4 nitrogen and oxygen atoms in total. The zero-order valence-corrected chi connectivity index (χ0v) is 9.83. The van der Waals surface area contributed by atoms with Crippen molar-refractivity contribution in [2.24, 2.45) is 5.73 Å². The van der Waals surface area contributed by atoms with Crippen molar-refractivity contribution in [3.05, 3.63) is 23.4 Å². The van der Waals surface area contributed by atoms with E-state index in [4.69, 9.17) is 11.0 Å². The van der Waals surface area contributed by atoms with Gasteiger partial charge in [-0.25, -0.2) is 4.98 Å². The number of hydrogen-bond acceptors (Lipinski definition) is 4. The lowest BCUT2D eigenvalue weighted by atomic mass is 10.1. The van der Waals surface area contributed by atoms with Gasteiger partial charge in [-0.1, -0.05) is 13.3 Å². The van der Waals surface area contributed by atoms with Crippen LogP contribution in [0.4, 0.5) is 5.82 Å². The van der Waals surface area contributed by atoms with Gasteiger partial charge in [-0.3, -0.25) is 0 Å².